The second-order valence-electron chi connectivity index (χ2n) is 4.78. The summed E-state index contributed by atoms with van der Waals surface area (Å²) in [6, 6.07) is 10.4. The first kappa shape index (κ1) is 14.2. The Kier molecular flexibility index (Phi) is 6.90. The van der Waals surface area contributed by atoms with Crippen LogP contribution >= 0.6 is 0 Å². The monoisotopic (exact) mass is 235 g/mol. The molecular weight excluding hydrogens is 210 g/mol. The smallest absolute Gasteiger partial charge is 0.0726 e. The van der Waals surface area contributed by atoms with Crippen LogP contribution in [0.3, 0.4) is 0 Å². The molecule has 2 heteroatoms. The van der Waals surface area contributed by atoms with Gasteiger partial charge in [0.1, 0.15) is 0 Å². The molecule has 0 heterocycles. The standard InChI is InChI=1S/C15H25NO/c1-4-10-16-11-15(13(2)3)17-12-14-8-6-5-7-9-14/h5-9,13,15-16H,4,10-12H2,1-3H3. The molecule has 1 rings (SSSR count). The molecule has 0 spiro atoms. The molecule has 17 heavy (non-hydrogen) atoms. The lowest BCUT2D eigenvalue weighted by atomic mass is 10.1. The Hall–Kier alpha value is -0.860. The summed E-state index contributed by atoms with van der Waals surface area (Å²) >= 11 is 0. The van der Waals surface area contributed by atoms with Crippen LogP contribution in [0.15, 0.2) is 30.3 Å². The van der Waals surface area contributed by atoms with Gasteiger partial charge in [-0.1, -0.05) is 51.1 Å². The van der Waals surface area contributed by atoms with E-state index < -0.39 is 0 Å². The molecule has 0 saturated carbocycles. The van der Waals surface area contributed by atoms with Crippen LogP contribution in [0.5, 0.6) is 0 Å². The first-order chi connectivity index (χ1) is 8.24. The first-order valence-corrected chi connectivity index (χ1v) is 6.60. The molecule has 1 unspecified atom stereocenters. The quantitative estimate of drug-likeness (QED) is 0.699. The van der Waals surface area contributed by atoms with E-state index in [-0.39, 0.29) is 0 Å². The van der Waals surface area contributed by atoms with Crippen molar-refractivity contribution in [1.82, 2.24) is 5.32 Å². The second kappa shape index (κ2) is 8.26. The third kappa shape index (κ3) is 5.85. The maximum absolute atomic E-state index is 5.97. The SMILES string of the molecule is CCCNCC(OCc1ccccc1)C(C)C. The van der Waals surface area contributed by atoms with E-state index in [9.17, 15) is 0 Å². The van der Waals surface area contributed by atoms with Crippen molar-refractivity contribution in [2.24, 2.45) is 5.92 Å². The lowest BCUT2D eigenvalue weighted by Crippen LogP contribution is -2.33. The predicted molar refractivity (Wildman–Crippen MR) is 73.0 cm³/mol. The van der Waals surface area contributed by atoms with Crippen molar-refractivity contribution >= 4 is 0 Å². The molecule has 1 N–H and O–H groups in total. The van der Waals surface area contributed by atoms with E-state index in [0.29, 0.717) is 18.6 Å². The highest BCUT2D eigenvalue weighted by atomic mass is 16.5. The molecule has 0 aliphatic rings. The Morgan fingerprint density at radius 1 is 1.18 bits per heavy atom. The minimum atomic E-state index is 0.293. The van der Waals surface area contributed by atoms with Gasteiger partial charge in [-0.05, 0) is 24.4 Å². The maximum atomic E-state index is 5.97. The zero-order valence-electron chi connectivity index (χ0n) is 11.3. The second-order valence-corrected chi connectivity index (χ2v) is 4.78. The van der Waals surface area contributed by atoms with Gasteiger partial charge in [-0.2, -0.15) is 0 Å². The first-order valence-electron chi connectivity index (χ1n) is 6.60. The van der Waals surface area contributed by atoms with Gasteiger partial charge in [-0.25, -0.2) is 0 Å². The van der Waals surface area contributed by atoms with Gasteiger partial charge in [0.2, 0.25) is 0 Å². The van der Waals surface area contributed by atoms with Crippen LogP contribution in [-0.4, -0.2) is 19.2 Å². The molecule has 1 atom stereocenters. The van der Waals surface area contributed by atoms with Crippen LogP contribution in [0.1, 0.15) is 32.8 Å². The van der Waals surface area contributed by atoms with Gasteiger partial charge >= 0.3 is 0 Å². The molecule has 0 amide bonds. The normalized spacial score (nSPS) is 12.9. The zero-order valence-corrected chi connectivity index (χ0v) is 11.3. The van der Waals surface area contributed by atoms with E-state index >= 15 is 0 Å². The van der Waals surface area contributed by atoms with Gasteiger partial charge in [0, 0.05) is 6.54 Å². The molecule has 96 valence electrons. The van der Waals surface area contributed by atoms with Crippen LogP contribution in [0.2, 0.25) is 0 Å². The number of hydrogen-bond donors (Lipinski definition) is 1. The Balaban J connectivity index is 2.34. The number of nitrogens with one attached hydrogen (secondary N) is 1. The maximum Gasteiger partial charge on any atom is 0.0726 e. The summed E-state index contributed by atoms with van der Waals surface area (Å²) in [5.74, 6) is 0.545. The lowest BCUT2D eigenvalue weighted by molar-refractivity contribution is 0.0115. The Bertz CT molecular complexity index is 284. The van der Waals surface area contributed by atoms with Crippen molar-refractivity contribution in [3.63, 3.8) is 0 Å². The van der Waals surface area contributed by atoms with Crippen LogP contribution in [-0.2, 0) is 11.3 Å². The van der Waals surface area contributed by atoms with Gasteiger partial charge in [0.15, 0.2) is 0 Å². The Morgan fingerprint density at radius 3 is 2.47 bits per heavy atom. The van der Waals surface area contributed by atoms with E-state index in [0.717, 1.165) is 13.1 Å². The Morgan fingerprint density at radius 2 is 1.88 bits per heavy atom. The minimum absolute atomic E-state index is 0.293. The average molecular weight is 235 g/mol. The fraction of sp³-hybridized carbons (Fsp3) is 0.600. The molecule has 0 aromatic heterocycles. The lowest BCUT2D eigenvalue weighted by Gasteiger charge is -2.22. The average Bonchev–Trinajstić information content (AvgIpc) is 2.34. The van der Waals surface area contributed by atoms with Crippen molar-refractivity contribution < 1.29 is 4.74 Å². The summed E-state index contributed by atoms with van der Waals surface area (Å²) in [7, 11) is 0. The van der Waals surface area contributed by atoms with E-state index in [4.69, 9.17) is 4.74 Å². The van der Waals surface area contributed by atoms with E-state index in [2.05, 4.69) is 50.4 Å². The van der Waals surface area contributed by atoms with Crippen molar-refractivity contribution in [3.8, 4) is 0 Å². The van der Waals surface area contributed by atoms with E-state index in [1.165, 1.54) is 12.0 Å². The third-order valence-corrected chi connectivity index (χ3v) is 2.82. The van der Waals surface area contributed by atoms with Gasteiger partial charge in [0.05, 0.1) is 12.7 Å². The number of benzene rings is 1. The minimum Gasteiger partial charge on any atom is -0.372 e. The molecule has 0 aliphatic carbocycles. The van der Waals surface area contributed by atoms with Crippen LogP contribution in [0.4, 0.5) is 0 Å². The summed E-state index contributed by atoms with van der Waals surface area (Å²) in [6.45, 7) is 9.32. The molecule has 0 fully saturated rings. The summed E-state index contributed by atoms with van der Waals surface area (Å²) in [5, 5.41) is 3.43. The number of hydrogen-bond acceptors (Lipinski definition) is 2. The molecule has 0 radical (unpaired) electrons. The van der Waals surface area contributed by atoms with Crippen LogP contribution in [0.25, 0.3) is 0 Å². The van der Waals surface area contributed by atoms with E-state index in [1.807, 2.05) is 6.07 Å². The van der Waals surface area contributed by atoms with E-state index in [1.54, 1.807) is 0 Å². The fourth-order valence-electron chi connectivity index (χ4n) is 1.69. The van der Waals surface area contributed by atoms with Crippen molar-refractivity contribution in [2.75, 3.05) is 13.1 Å². The van der Waals surface area contributed by atoms with Gasteiger partial charge in [-0.3, -0.25) is 0 Å². The van der Waals surface area contributed by atoms with Crippen molar-refractivity contribution in [3.05, 3.63) is 35.9 Å². The Labute approximate surface area is 105 Å². The summed E-state index contributed by atoms with van der Waals surface area (Å²) < 4.78 is 5.97. The zero-order chi connectivity index (χ0) is 12.5. The van der Waals surface area contributed by atoms with Gasteiger partial charge in [0.25, 0.3) is 0 Å². The predicted octanol–water partition coefficient (Wildman–Crippen LogP) is 3.23. The van der Waals surface area contributed by atoms with Crippen molar-refractivity contribution in [2.45, 2.75) is 39.9 Å². The largest absolute Gasteiger partial charge is 0.372 e. The number of ether oxygens (including phenoxy) is 1. The van der Waals surface area contributed by atoms with Crippen LogP contribution in [0, 0.1) is 5.92 Å². The molecular formula is C15H25NO. The summed E-state index contributed by atoms with van der Waals surface area (Å²) in [5.41, 5.74) is 1.24. The fourth-order valence-corrected chi connectivity index (χ4v) is 1.69. The van der Waals surface area contributed by atoms with Gasteiger partial charge < -0.3 is 10.1 Å². The molecule has 2 nitrogen and oxygen atoms in total. The summed E-state index contributed by atoms with van der Waals surface area (Å²) in [4.78, 5) is 0. The highest BCUT2D eigenvalue weighted by molar-refractivity contribution is 5.13. The van der Waals surface area contributed by atoms with Crippen molar-refractivity contribution in [1.29, 1.82) is 0 Å². The van der Waals surface area contributed by atoms with Gasteiger partial charge in [-0.15, -0.1) is 0 Å². The molecule has 1 aromatic rings. The molecule has 0 aliphatic heterocycles. The highest BCUT2D eigenvalue weighted by Gasteiger charge is 2.13. The molecule has 1 aromatic carbocycles. The molecule has 0 bridgehead atoms. The molecule has 0 saturated heterocycles. The highest BCUT2D eigenvalue weighted by Crippen LogP contribution is 2.09. The number of rotatable bonds is 8. The third-order valence-electron chi connectivity index (χ3n) is 2.82. The van der Waals surface area contributed by atoms with Crippen LogP contribution < -0.4 is 5.32 Å². The summed E-state index contributed by atoms with van der Waals surface area (Å²) in [6.07, 6.45) is 1.46. The topological polar surface area (TPSA) is 21.3 Å².